The summed E-state index contributed by atoms with van der Waals surface area (Å²) in [6.45, 7) is 2.52. The standard InChI is InChI=1S/C34H37NO4/c36-22-31-33(38-24-29-17-9-3-10-18-29)34(39-25-30-19-11-4-12-20-30)32(26-37-23-28-15-7-2-8-16-28)35(31)21-27-13-5-1-6-14-27/h1-20,31-34,36H,21-26H2/t31-,32-,33-,34+/m0/s1. The summed E-state index contributed by atoms with van der Waals surface area (Å²) in [4.78, 5) is 2.31. The normalized spacial score (nSPS) is 21.3. The van der Waals surface area contributed by atoms with Gasteiger partial charge in [-0.2, -0.15) is 0 Å². The number of ether oxygens (including phenoxy) is 3. The highest BCUT2D eigenvalue weighted by molar-refractivity contribution is 5.18. The number of nitrogens with zero attached hydrogens (tertiary/aromatic N) is 1. The molecule has 4 aromatic rings. The largest absolute Gasteiger partial charge is 0.395 e. The molecule has 1 saturated heterocycles. The van der Waals surface area contributed by atoms with Gasteiger partial charge in [0.05, 0.1) is 45.1 Å². The van der Waals surface area contributed by atoms with Crippen LogP contribution >= 0.6 is 0 Å². The van der Waals surface area contributed by atoms with Gasteiger partial charge in [0.2, 0.25) is 0 Å². The second kappa shape index (κ2) is 14.2. The molecular weight excluding hydrogens is 486 g/mol. The van der Waals surface area contributed by atoms with Gasteiger partial charge in [-0.3, -0.25) is 4.90 Å². The fourth-order valence-corrected chi connectivity index (χ4v) is 5.31. The molecule has 1 heterocycles. The zero-order valence-corrected chi connectivity index (χ0v) is 22.2. The van der Waals surface area contributed by atoms with Crippen molar-refractivity contribution in [2.75, 3.05) is 13.2 Å². The Bertz CT molecular complexity index is 1220. The van der Waals surface area contributed by atoms with Crippen molar-refractivity contribution in [2.24, 2.45) is 0 Å². The minimum atomic E-state index is -0.326. The molecule has 4 aromatic carbocycles. The van der Waals surface area contributed by atoms with Gasteiger partial charge in [-0.15, -0.1) is 0 Å². The van der Waals surface area contributed by atoms with Gasteiger partial charge < -0.3 is 19.3 Å². The van der Waals surface area contributed by atoms with Crippen molar-refractivity contribution in [1.29, 1.82) is 0 Å². The average molecular weight is 524 g/mol. The second-order valence-electron chi connectivity index (χ2n) is 10.00. The Morgan fingerprint density at radius 1 is 0.513 bits per heavy atom. The lowest BCUT2D eigenvalue weighted by Gasteiger charge is -2.30. The van der Waals surface area contributed by atoms with Crippen molar-refractivity contribution >= 4 is 0 Å². The van der Waals surface area contributed by atoms with E-state index in [1.165, 1.54) is 5.56 Å². The van der Waals surface area contributed by atoms with Crippen molar-refractivity contribution in [2.45, 2.75) is 50.7 Å². The van der Waals surface area contributed by atoms with Crippen LogP contribution in [-0.4, -0.2) is 47.5 Å². The summed E-state index contributed by atoms with van der Waals surface area (Å²) in [7, 11) is 0. The van der Waals surface area contributed by atoms with Crippen LogP contribution in [-0.2, 0) is 40.6 Å². The number of hydrogen-bond donors (Lipinski definition) is 1. The number of hydrogen-bond acceptors (Lipinski definition) is 5. The topological polar surface area (TPSA) is 51.2 Å². The van der Waals surface area contributed by atoms with Gasteiger partial charge in [-0.25, -0.2) is 0 Å². The summed E-state index contributed by atoms with van der Waals surface area (Å²) >= 11 is 0. The fourth-order valence-electron chi connectivity index (χ4n) is 5.31. The van der Waals surface area contributed by atoms with E-state index >= 15 is 0 Å². The van der Waals surface area contributed by atoms with Crippen molar-refractivity contribution < 1.29 is 19.3 Å². The van der Waals surface area contributed by atoms with Crippen LogP contribution in [0.1, 0.15) is 22.3 Å². The minimum Gasteiger partial charge on any atom is -0.395 e. The second-order valence-corrected chi connectivity index (χ2v) is 10.00. The Hall–Kier alpha value is -3.32. The Morgan fingerprint density at radius 2 is 0.923 bits per heavy atom. The van der Waals surface area contributed by atoms with Crippen LogP contribution in [0.4, 0.5) is 0 Å². The van der Waals surface area contributed by atoms with E-state index in [2.05, 4.69) is 53.4 Å². The highest BCUT2D eigenvalue weighted by Gasteiger charge is 2.50. The summed E-state index contributed by atoms with van der Waals surface area (Å²) in [5.74, 6) is 0. The fraction of sp³-hybridized carbons (Fsp3) is 0.294. The van der Waals surface area contributed by atoms with Crippen molar-refractivity contribution in [1.82, 2.24) is 4.90 Å². The van der Waals surface area contributed by atoms with Crippen LogP contribution < -0.4 is 0 Å². The van der Waals surface area contributed by atoms with Gasteiger partial charge >= 0.3 is 0 Å². The maximum absolute atomic E-state index is 10.7. The van der Waals surface area contributed by atoms with Crippen LogP contribution in [0, 0.1) is 0 Å². The summed E-state index contributed by atoms with van der Waals surface area (Å²) in [6.07, 6.45) is -0.612. The van der Waals surface area contributed by atoms with Gasteiger partial charge in [-0.05, 0) is 22.3 Å². The van der Waals surface area contributed by atoms with Gasteiger partial charge in [0.25, 0.3) is 0 Å². The van der Waals surface area contributed by atoms with Gasteiger partial charge in [0.1, 0.15) is 12.2 Å². The molecule has 5 nitrogen and oxygen atoms in total. The first-order valence-corrected chi connectivity index (χ1v) is 13.6. The summed E-state index contributed by atoms with van der Waals surface area (Å²) < 4.78 is 19.5. The first-order valence-electron chi connectivity index (χ1n) is 13.6. The first-order chi connectivity index (χ1) is 19.3. The van der Waals surface area contributed by atoms with Crippen LogP contribution in [0.2, 0.25) is 0 Å². The van der Waals surface area contributed by atoms with Crippen LogP contribution in [0.5, 0.6) is 0 Å². The number of benzene rings is 4. The quantitative estimate of drug-likeness (QED) is 0.247. The molecule has 0 bridgehead atoms. The monoisotopic (exact) mass is 523 g/mol. The molecule has 1 N–H and O–H groups in total. The third-order valence-corrected chi connectivity index (χ3v) is 7.30. The molecule has 0 radical (unpaired) electrons. The van der Waals surface area contributed by atoms with E-state index < -0.39 is 0 Å². The number of rotatable bonds is 13. The number of aliphatic hydroxyl groups excluding tert-OH is 1. The Kier molecular flexibility index (Phi) is 9.91. The van der Waals surface area contributed by atoms with E-state index in [0.717, 1.165) is 16.7 Å². The molecule has 202 valence electrons. The third-order valence-electron chi connectivity index (χ3n) is 7.30. The van der Waals surface area contributed by atoms with E-state index in [9.17, 15) is 5.11 Å². The van der Waals surface area contributed by atoms with Crippen LogP contribution in [0.3, 0.4) is 0 Å². The molecule has 0 saturated carbocycles. The summed E-state index contributed by atoms with van der Waals surface area (Å²) in [5.41, 5.74) is 4.50. The SMILES string of the molecule is OC[C@H]1[C@H](OCc2ccccc2)[C@H](OCc2ccccc2)[C@H](COCc2ccccc2)N1Cc1ccccc1. The maximum atomic E-state index is 10.7. The Labute approximate surface area is 231 Å². The molecular formula is C34H37NO4. The maximum Gasteiger partial charge on any atom is 0.103 e. The average Bonchev–Trinajstić information content (AvgIpc) is 3.27. The van der Waals surface area contributed by atoms with Crippen LogP contribution in [0.25, 0.3) is 0 Å². The van der Waals surface area contributed by atoms with E-state index in [4.69, 9.17) is 14.2 Å². The van der Waals surface area contributed by atoms with E-state index in [1.807, 2.05) is 72.8 Å². The molecule has 0 aliphatic carbocycles. The van der Waals surface area contributed by atoms with Gasteiger partial charge in [0, 0.05) is 6.54 Å². The lowest BCUT2D eigenvalue weighted by molar-refractivity contribution is -0.0888. The molecule has 1 aliphatic rings. The molecule has 0 amide bonds. The van der Waals surface area contributed by atoms with E-state index in [-0.39, 0.29) is 30.9 Å². The Balaban J connectivity index is 1.40. The molecule has 0 unspecified atom stereocenters. The van der Waals surface area contributed by atoms with E-state index in [0.29, 0.717) is 33.0 Å². The van der Waals surface area contributed by atoms with Crippen LogP contribution in [0.15, 0.2) is 121 Å². The molecule has 39 heavy (non-hydrogen) atoms. The van der Waals surface area contributed by atoms with Gasteiger partial charge in [0.15, 0.2) is 0 Å². The molecule has 1 aliphatic heterocycles. The summed E-state index contributed by atoms with van der Waals surface area (Å²) in [5, 5.41) is 10.7. The van der Waals surface area contributed by atoms with Crippen molar-refractivity contribution in [3.63, 3.8) is 0 Å². The molecule has 5 rings (SSSR count). The van der Waals surface area contributed by atoms with Crippen molar-refractivity contribution in [3.8, 4) is 0 Å². The molecule has 0 aromatic heterocycles. The summed E-state index contributed by atoms with van der Waals surface area (Å²) in [6, 6.07) is 40.6. The van der Waals surface area contributed by atoms with Gasteiger partial charge in [-0.1, -0.05) is 121 Å². The highest BCUT2D eigenvalue weighted by Crippen LogP contribution is 2.33. The number of aliphatic hydroxyl groups is 1. The van der Waals surface area contributed by atoms with Crippen molar-refractivity contribution in [3.05, 3.63) is 144 Å². The number of likely N-dealkylation sites (tertiary alicyclic amines) is 1. The zero-order valence-electron chi connectivity index (χ0n) is 22.2. The smallest absolute Gasteiger partial charge is 0.103 e. The van der Waals surface area contributed by atoms with E-state index in [1.54, 1.807) is 0 Å². The predicted octanol–water partition coefficient (Wildman–Crippen LogP) is 5.62. The third kappa shape index (κ3) is 7.41. The zero-order chi connectivity index (χ0) is 26.7. The molecule has 5 heteroatoms. The predicted molar refractivity (Wildman–Crippen MR) is 153 cm³/mol. The molecule has 0 spiro atoms. The Morgan fingerprint density at radius 3 is 1.38 bits per heavy atom. The lowest BCUT2D eigenvalue weighted by atomic mass is 10.1. The highest BCUT2D eigenvalue weighted by atomic mass is 16.5. The lowest BCUT2D eigenvalue weighted by Crippen LogP contribution is -2.43. The minimum absolute atomic E-state index is 0.0350. The first kappa shape index (κ1) is 27.3. The molecule has 1 fully saturated rings. The molecule has 4 atom stereocenters.